The molecule has 0 saturated carbocycles. The molecule has 0 bridgehead atoms. The summed E-state index contributed by atoms with van der Waals surface area (Å²) in [7, 11) is 0. The van der Waals surface area contributed by atoms with Gasteiger partial charge >= 0.3 is 0 Å². The number of ether oxygens (including phenoxy) is 1. The minimum atomic E-state index is -0.386. The van der Waals surface area contributed by atoms with Crippen LogP contribution < -0.4 is 20.7 Å². The molecule has 0 aliphatic rings. The van der Waals surface area contributed by atoms with E-state index in [0.29, 0.717) is 23.5 Å². The van der Waals surface area contributed by atoms with Crippen LogP contribution in [0.4, 0.5) is 11.4 Å². The fourth-order valence-corrected chi connectivity index (χ4v) is 3.34. The van der Waals surface area contributed by atoms with Gasteiger partial charge < -0.3 is 15.4 Å². The number of hydrogen-bond donors (Lipinski definition) is 3. The van der Waals surface area contributed by atoms with Crippen LogP contribution in [-0.2, 0) is 4.79 Å². The van der Waals surface area contributed by atoms with Crippen LogP contribution in [0.2, 0.25) is 0 Å². The highest BCUT2D eigenvalue weighted by molar-refractivity contribution is 7.80. The van der Waals surface area contributed by atoms with Crippen LogP contribution in [0.5, 0.6) is 5.75 Å². The Hall–Kier alpha value is -3.97. The number of para-hydroxylation sites is 1. The Morgan fingerprint density at radius 2 is 1.68 bits per heavy atom. The monoisotopic (exact) mass is 473 g/mol. The Labute approximate surface area is 205 Å². The van der Waals surface area contributed by atoms with Gasteiger partial charge in [0.25, 0.3) is 5.91 Å². The average Bonchev–Trinajstić information content (AvgIpc) is 2.81. The molecule has 0 unspecified atom stereocenters. The highest BCUT2D eigenvalue weighted by atomic mass is 32.1. The first-order valence-corrected chi connectivity index (χ1v) is 11.3. The molecule has 0 saturated heterocycles. The van der Waals surface area contributed by atoms with Gasteiger partial charge in [-0.05, 0) is 92.2 Å². The molecule has 34 heavy (non-hydrogen) atoms. The summed E-state index contributed by atoms with van der Waals surface area (Å²) in [5.41, 5.74) is 4.69. The van der Waals surface area contributed by atoms with Crippen LogP contribution >= 0.6 is 12.2 Å². The van der Waals surface area contributed by atoms with Gasteiger partial charge in [-0.3, -0.25) is 14.9 Å². The van der Waals surface area contributed by atoms with Gasteiger partial charge in [-0.25, -0.2) is 0 Å². The first kappa shape index (κ1) is 24.7. The van der Waals surface area contributed by atoms with E-state index in [0.717, 1.165) is 22.4 Å². The van der Waals surface area contributed by atoms with E-state index in [1.807, 2.05) is 63.2 Å². The van der Waals surface area contributed by atoms with Gasteiger partial charge in [-0.1, -0.05) is 30.3 Å². The molecule has 0 aliphatic carbocycles. The first-order chi connectivity index (χ1) is 16.4. The number of benzene rings is 3. The van der Waals surface area contributed by atoms with Crippen molar-refractivity contribution in [3.05, 3.63) is 95.1 Å². The third-order valence-electron chi connectivity index (χ3n) is 5.04. The van der Waals surface area contributed by atoms with Crippen molar-refractivity contribution in [3.8, 4) is 5.75 Å². The maximum atomic E-state index is 12.9. The summed E-state index contributed by atoms with van der Waals surface area (Å²) in [4.78, 5) is 25.1. The Bertz CT molecular complexity index is 1220. The molecule has 7 heteroatoms. The smallest absolute Gasteiger partial charge is 0.257 e. The van der Waals surface area contributed by atoms with Crippen LogP contribution in [0.15, 0.2) is 72.8 Å². The molecule has 3 rings (SSSR count). The van der Waals surface area contributed by atoms with E-state index in [2.05, 4.69) is 16.0 Å². The number of carbonyl (C=O) groups excluding carboxylic acids is 2. The fraction of sp³-hybridized carbons (Fsp3) is 0.148. The van der Waals surface area contributed by atoms with Gasteiger partial charge in [0.05, 0.1) is 17.9 Å². The lowest BCUT2D eigenvalue weighted by molar-refractivity contribution is -0.115. The summed E-state index contributed by atoms with van der Waals surface area (Å²) in [6.45, 7) is 6.53. The molecule has 0 spiro atoms. The molecule has 6 nitrogen and oxygen atoms in total. The third-order valence-corrected chi connectivity index (χ3v) is 5.24. The molecule has 3 aromatic carbocycles. The van der Waals surface area contributed by atoms with Crippen molar-refractivity contribution >= 4 is 46.6 Å². The van der Waals surface area contributed by atoms with Crippen LogP contribution in [0.1, 0.15) is 34.0 Å². The van der Waals surface area contributed by atoms with E-state index in [1.165, 1.54) is 6.08 Å². The predicted molar refractivity (Wildman–Crippen MR) is 141 cm³/mol. The molecule has 3 aromatic rings. The zero-order chi connectivity index (χ0) is 24.5. The molecule has 0 heterocycles. The molecule has 2 amide bonds. The Morgan fingerprint density at radius 1 is 0.941 bits per heavy atom. The molecular weight excluding hydrogens is 446 g/mol. The topological polar surface area (TPSA) is 79.5 Å². The molecule has 0 atom stereocenters. The Balaban J connectivity index is 1.60. The summed E-state index contributed by atoms with van der Waals surface area (Å²) < 4.78 is 5.41. The number of anilines is 2. The predicted octanol–water partition coefficient (Wildman–Crippen LogP) is 5.48. The number of hydrogen-bond acceptors (Lipinski definition) is 4. The zero-order valence-corrected chi connectivity index (χ0v) is 20.2. The quantitative estimate of drug-likeness (QED) is 0.313. The second-order valence-corrected chi connectivity index (χ2v) is 7.99. The Morgan fingerprint density at radius 3 is 2.38 bits per heavy atom. The van der Waals surface area contributed by atoms with Gasteiger partial charge in [-0.15, -0.1) is 0 Å². The van der Waals surface area contributed by atoms with E-state index >= 15 is 0 Å². The molecule has 0 radical (unpaired) electrons. The van der Waals surface area contributed by atoms with E-state index < -0.39 is 0 Å². The van der Waals surface area contributed by atoms with Crippen molar-refractivity contribution in [2.75, 3.05) is 17.2 Å². The molecule has 0 aliphatic heterocycles. The second kappa shape index (κ2) is 11.8. The lowest BCUT2D eigenvalue weighted by atomic mass is 10.1. The number of nitrogens with one attached hydrogen (secondary N) is 3. The summed E-state index contributed by atoms with van der Waals surface area (Å²) in [5.74, 6) is 0.106. The van der Waals surface area contributed by atoms with Crippen LogP contribution in [0, 0.1) is 13.8 Å². The standard InChI is InChI=1S/C27H27N3O3S/c1-4-33-22-14-10-20(11-15-22)12-16-25(31)30-27(34)29-24-8-6-5-7-23(24)26(32)28-21-13-9-18(2)19(3)17-21/h5-17H,4H2,1-3H3,(H,28,32)(H2,29,30,31,34)/b16-12+. The average molecular weight is 474 g/mol. The molecule has 0 aromatic heterocycles. The fourth-order valence-electron chi connectivity index (χ4n) is 3.13. The summed E-state index contributed by atoms with van der Waals surface area (Å²) in [6.07, 6.45) is 3.07. The lowest BCUT2D eigenvalue weighted by Gasteiger charge is -2.13. The summed E-state index contributed by atoms with van der Waals surface area (Å²) in [6, 6.07) is 20.1. The van der Waals surface area contributed by atoms with E-state index in [1.54, 1.807) is 30.3 Å². The summed E-state index contributed by atoms with van der Waals surface area (Å²) in [5, 5.41) is 8.53. The van der Waals surface area contributed by atoms with Gasteiger partial charge in [0.2, 0.25) is 5.91 Å². The van der Waals surface area contributed by atoms with Crippen molar-refractivity contribution in [1.82, 2.24) is 5.32 Å². The van der Waals surface area contributed by atoms with E-state index in [4.69, 9.17) is 17.0 Å². The highest BCUT2D eigenvalue weighted by Gasteiger charge is 2.13. The number of aryl methyl sites for hydroxylation is 2. The number of rotatable bonds is 7. The normalized spacial score (nSPS) is 10.6. The highest BCUT2D eigenvalue weighted by Crippen LogP contribution is 2.19. The van der Waals surface area contributed by atoms with Crippen molar-refractivity contribution in [2.24, 2.45) is 0 Å². The second-order valence-electron chi connectivity index (χ2n) is 7.58. The molecular formula is C27H27N3O3S. The first-order valence-electron chi connectivity index (χ1n) is 10.9. The lowest BCUT2D eigenvalue weighted by Crippen LogP contribution is -2.33. The molecule has 3 N–H and O–H groups in total. The van der Waals surface area contributed by atoms with Crippen LogP contribution in [0.3, 0.4) is 0 Å². The zero-order valence-electron chi connectivity index (χ0n) is 19.3. The minimum absolute atomic E-state index is 0.0905. The van der Waals surface area contributed by atoms with Crippen LogP contribution in [-0.4, -0.2) is 23.5 Å². The van der Waals surface area contributed by atoms with Crippen molar-refractivity contribution < 1.29 is 14.3 Å². The maximum absolute atomic E-state index is 12.9. The number of thiocarbonyl (C=S) groups is 1. The molecule has 174 valence electrons. The van der Waals surface area contributed by atoms with Crippen molar-refractivity contribution in [2.45, 2.75) is 20.8 Å². The van der Waals surface area contributed by atoms with Gasteiger partial charge in [0.1, 0.15) is 5.75 Å². The van der Waals surface area contributed by atoms with Crippen LogP contribution in [0.25, 0.3) is 6.08 Å². The van der Waals surface area contributed by atoms with Crippen molar-refractivity contribution in [3.63, 3.8) is 0 Å². The van der Waals surface area contributed by atoms with Gasteiger partial charge in [0, 0.05) is 11.8 Å². The van der Waals surface area contributed by atoms with Gasteiger partial charge in [0.15, 0.2) is 5.11 Å². The largest absolute Gasteiger partial charge is 0.494 e. The van der Waals surface area contributed by atoms with Crippen molar-refractivity contribution in [1.29, 1.82) is 0 Å². The van der Waals surface area contributed by atoms with E-state index in [9.17, 15) is 9.59 Å². The van der Waals surface area contributed by atoms with Gasteiger partial charge in [-0.2, -0.15) is 0 Å². The summed E-state index contributed by atoms with van der Waals surface area (Å²) >= 11 is 5.27. The number of carbonyl (C=O) groups is 2. The SMILES string of the molecule is CCOc1ccc(/C=C/C(=O)NC(=S)Nc2ccccc2C(=O)Nc2ccc(C)c(C)c2)cc1. The minimum Gasteiger partial charge on any atom is -0.494 e. The van der Waals surface area contributed by atoms with E-state index in [-0.39, 0.29) is 16.9 Å². The molecule has 0 fully saturated rings. The maximum Gasteiger partial charge on any atom is 0.257 e. The third kappa shape index (κ3) is 7.02. The Kier molecular flexibility index (Phi) is 8.54. The number of amides is 2.